The third-order valence-electron chi connectivity index (χ3n) is 2.77. The van der Waals surface area contributed by atoms with E-state index in [2.05, 4.69) is 14.9 Å². The van der Waals surface area contributed by atoms with Crippen LogP contribution >= 0.6 is 0 Å². The van der Waals surface area contributed by atoms with Gasteiger partial charge in [-0.05, 0) is 30.3 Å². The van der Waals surface area contributed by atoms with Crippen LogP contribution in [-0.4, -0.2) is 37.8 Å². The Morgan fingerprint density at radius 1 is 1.08 bits per heavy atom. The molecule has 2 aromatic rings. The van der Waals surface area contributed by atoms with Gasteiger partial charge in [-0.25, -0.2) is 8.42 Å². The molecule has 0 radical (unpaired) electrons. The van der Waals surface area contributed by atoms with Crippen LogP contribution in [0.5, 0.6) is 5.88 Å². The summed E-state index contributed by atoms with van der Waals surface area (Å²) in [6.45, 7) is 0. The zero-order valence-electron chi connectivity index (χ0n) is 12.5. The number of ether oxygens (including phenoxy) is 1. The van der Waals surface area contributed by atoms with Gasteiger partial charge in [0.15, 0.2) is 5.82 Å². The summed E-state index contributed by atoms with van der Waals surface area (Å²) in [5.41, 5.74) is -0.203. The van der Waals surface area contributed by atoms with E-state index in [1.165, 1.54) is 19.2 Å². The molecule has 0 bridgehead atoms. The van der Waals surface area contributed by atoms with Crippen LogP contribution in [0.2, 0.25) is 0 Å². The Bertz CT molecular complexity index is 852. The quantitative estimate of drug-likeness (QED) is 0.823. The number of alkyl halides is 3. The lowest BCUT2D eigenvalue weighted by Crippen LogP contribution is -2.29. The molecular formula is C13H11F3N4O4S. The van der Waals surface area contributed by atoms with Gasteiger partial charge in [0.05, 0.1) is 12.0 Å². The molecule has 1 heterocycles. The van der Waals surface area contributed by atoms with Gasteiger partial charge in [0.1, 0.15) is 0 Å². The molecule has 0 spiro atoms. The first-order valence-corrected chi connectivity index (χ1v) is 7.99. The van der Waals surface area contributed by atoms with E-state index in [1.807, 2.05) is 0 Å². The number of methoxy groups -OCH3 is 1. The molecule has 134 valence electrons. The minimum atomic E-state index is -5.04. The van der Waals surface area contributed by atoms with Crippen molar-refractivity contribution in [3.8, 4) is 5.88 Å². The van der Waals surface area contributed by atoms with Gasteiger partial charge < -0.3 is 10.1 Å². The number of aromatic nitrogens is 2. The van der Waals surface area contributed by atoms with Crippen LogP contribution in [0.25, 0.3) is 0 Å². The van der Waals surface area contributed by atoms with Crippen LogP contribution in [0.4, 0.5) is 24.7 Å². The number of carbonyl (C=O) groups excluding carboxylic acids is 1. The Morgan fingerprint density at radius 2 is 1.72 bits per heavy atom. The summed E-state index contributed by atoms with van der Waals surface area (Å²) >= 11 is 0. The third kappa shape index (κ3) is 4.79. The van der Waals surface area contributed by atoms with Crippen LogP contribution in [0.15, 0.2) is 41.3 Å². The van der Waals surface area contributed by atoms with Gasteiger partial charge in [0.2, 0.25) is 5.88 Å². The van der Waals surface area contributed by atoms with E-state index in [9.17, 15) is 26.4 Å². The molecule has 0 atom stereocenters. The van der Waals surface area contributed by atoms with Gasteiger partial charge in [0.25, 0.3) is 10.0 Å². The Labute approximate surface area is 140 Å². The van der Waals surface area contributed by atoms with Gasteiger partial charge in [-0.3, -0.25) is 9.52 Å². The second-order valence-corrected chi connectivity index (χ2v) is 6.23. The lowest BCUT2D eigenvalue weighted by molar-refractivity contribution is -0.167. The van der Waals surface area contributed by atoms with Crippen molar-refractivity contribution < 1.29 is 31.1 Å². The lowest BCUT2D eigenvalue weighted by Gasteiger charge is -2.10. The minimum absolute atomic E-state index is 0.0738. The highest BCUT2D eigenvalue weighted by molar-refractivity contribution is 7.92. The molecular weight excluding hydrogens is 365 g/mol. The molecule has 0 aliphatic rings. The number of amides is 1. The van der Waals surface area contributed by atoms with Gasteiger partial charge in [0, 0.05) is 11.8 Å². The Kier molecular flexibility index (Phi) is 5.11. The molecule has 0 saturated heterocycles. The van der Waals surface area contributed by atoms with E-state index >= 15 is 0 Å². The molecule has 25 heavy (non-hydrogen) atoms. The van der Waals surface area contributed by atoms with Gasteiger partial charge in [-0.1, -0.05) is 0 Å². The van der Waals surface area contributed by atoms with E-state index in [-0.39, 0.29) is 22.3 Å². The smallest absolute Gasteiger partial charge is 0.471 e. The number of carbonyl (C=O) groups is 1. The fourth-order valence-electron chi connectivity index (χ4n) is 1.60. The molecule has 0 aliphatic carbocycles. The van der Waals surface area contributed by atoms with Gasteiger partial charge >= 0.3 is 12.1 Å². The summed E-state index contributed by atoms with van der Waals surface area (Å²) in [6.07, 6.45) is -5.04. The van der Waals surface area contributed by atoms with Crippen LogP contribution in [0.1, 0.15) is 0 Å². The zero-order valence-corrected chi connectivity index (χ0v) is 13.4. The number of sulfonamides is 1. The number of hydrogen-bond donors (Lipinski definition) is 2. The molecule has 0 saturated carbocycles. The number of rotatable bonds is 5. The first-order valence-electron chi connectivity index (χ1n) is 6.50. The van der Waals surface area contributed by atoms with Gasteiger partial charge in [-0.2, -0.15) is 13.2 Å². The predicted octanol–water partition coefficient (Wildman–Crippen LogP) is 1.79. The van der Waals surface area contributed by atoms with Crippen molar-refractivity contribution >= 4 is 27.4 Å². The highest BCUT2D eigenvalue weighted by atomic mass is 32.2. The van der Waals surface area contributed by atoms with E-state index < -0.39 is 22.1 Å². The molecule has 0 unspecified atom stereocenters. The van der Waals surface area contributed by atoms with E-state index in [0.29, 0.717) is 0 Å². The Hall–Kier alpha value is -2.89. The molecule has 8 nitrogen and oxygen atoms in total. The number of hydrogen-bond acceptors (Lipinski definition) is 6. The van der Waals surface area contributed by atoms with Gasteiger partial charge in [-0.15, -0.1) is 10.2 Å². The van der Waals surface area contributed by atoms with Crippen molar-refractivity contribution in [2.24, 2.45) is 0 Å². The molecule has 0 aliphatic heterocycles. The van der Waals surface area contributed by atoms with Crippen LogP contribution in [0.3, 0.4) is 0 Å². The predicted molar refractivity (Wildman–Crippen MR) is 80.5 cm³/mol. The van der Waals surface area contributed by atoms with Crippen LogP contribution < -0.4 is 14.8 Å². The van der Waals surface area contributed by atoms with Crippen molar-refractivity contribution in [3.05, 3.63) is 36.4 Å². The maximum Gasteiger partial charge on any atom is 0.471 e. The average Bonchev–Trinajstić information content (AvgIpc) is 2.55. The summed E-state index contributed by atoms with van der Waals surface area (Å²) in [7, 11) is -2.67. The summed E-state index contributed by atoms with van der Waals surface area (Å²) in [6, 6.07) is 6.83. The molecule has 1 aromatic carbocycles. The second-order valence-electron chi connectivity index (χ2n) is 4.54. The molecule has 1 amide bonds. The lowest BCUT2D eigenvalue weighted by atomic mass is 10.3. The monoisotopic (exact) mass is 376 g/mol. The highest BCUT2D eigenvalue weighted by Crippen LogP contribution is 2.20. The molecule has 1 aromatic heterocycles. The number of nitrogens with one attached hydrogen (secondary N) is 2. The second kappa shape index (κ2) is 6.93. The first kappa shape index (κ1) is 18.4. The normalized spacial score (nSPS) is 11.7. The number of anilines is 2. The van der Waals surface area contributed by atoms with E-state index in [1.54, 1.807) is 5.32 Å². The van der Waals surface area contributed by atoms with Crippen molar-refractivity contribution in [2.45, 2.75) is 11.1 Å². The minimum Gasteiger partial charge on any atom is -0.480 e. The van der Waals surface area contributed by atoms with Crippen molar-refractivity contribution in [2.75, 3.05) is 17.1 Å². The van der Waals surface area contributed by atoms with Crippen LogP contribution in [0, 0.1) is 0 Å². The fourth-order valence-corrected chi connectivity index (χ4v) is 2.60. The summed E-state index contributed by atoms with van der Waals surface area (Å²) in [4.78, 5) is 10.6. The standard InChI is InChI=1S/C13H11F3N4O4S/c1-24-11-7-6-10(18-19-11)20-25(22,23)9-4-2-8(3-5-9)17-12(21)13(14,15)16/h2-7H,1H3,(H,17,21)(H,18,20). The topological polar surface area (TPSA) is 110 Å². The molecule has 0 fully saturated rings. The molecule has 2 rings (SSSR count). The zero-order chi connectivity index (χ0) is 18.7. The number of nitrogens with zero attached hydrogens (tertiary/aromatic N) is 2. The SMILES string of the molecule is COc1ccc(NS(=O)(=O)c2ccc(NC(=O)C(F)(F)F)cc2)nn1. The third-order valence-corrected chi connectivity index (χ3v) is 4.14. The summed E-state index contributed by atoms with van der Waals surface area (Å²) in [5.74, 6) is -2.04. The van der Waals surface area contributed by atoms with Crippen LogP contribution in [-0.2, 0) is 14.8 Å². The maximum absolute atomic E-state index is 12.2. The Morgan fingerprint density at radius 3 is 2.20 bits per heavy atom. The van der Waals surface area contributed by atoms with E-state index in [4.69, 9.17) is 4.74 Å². The van der Waals surface area contributed by atoms with E-state index in [0.717, 1.165) is 24.3 Å². The summed E-state index contributed by atoms with van der Waals surface area (Å²) in [5, 5.41) is 8.80. The maximum atomic E-state index is 12.2. The Balaban J connectivity index is 2.12. The van der Waals surface area contributed by atoms with Crippen molar-refractivity contribution in [3.63, 3.8) is 0 Å². The number of benzene rings is 1. The highest BCUT2D eigenvalue weighted by Gasteiger charge is 2.38. The largest absolute Gasteiger partial charge is 0.480 e. The summed E-state index contributed by atoms with van der Waals surface area (Å²) < 4.78 is 67.8. The van der Waals surface area contributed by atoms with Crippen molar-refractivity contribution in [1.29, 1.82) is 0 Å². The molecule has 2 N–H and O–H groups in total. The molecule has 12 heteroatoms. The number of halogens is 3. The fraction of sp³-hybridized carbons (Fsp3) is 0.154. The average molecular weight is 376 g/mol. The van der Waals surface area contributed by atoms with Crippen molar-refractivity contribution in [1.82, 2.24) is 10.2 Å². The first-order chi connectivity index (χ1) is 11.6.